The van der Waals surface area contributed by atoms with Crippen LogP contribution in [0, 0.1) is 18.3 Å². The zero-order valence-electron chi connectivity index (χ0n) is 12.7. The van der Waals surface area contributed by atoms with Gasteiger partial charge in [0.2, 0.25) is 10.0 Å². The fourth-order valence-corrected chi connectivity index (χ4v) is 4.50. The molecule has 1 aliphatic heterocycles. The van der Waals surface area contributed by atoms with Crippen LogP contribution < -0.4 is 0 Å². The van der Waals surface area contributed by atoms with Gasteiger partial charge in [-0.25, -0.2) is 13.4 Å². The lowest BCUT2D eigenvalue weighted by Gasteiger charge is -2.30. The van der Waals surface area contributed by atoms with Gasteiger partial charge in [0.25, 0.3) is 0 Å². The van der Waals surface area contributed by atoms with E-state index in [1.807, 2.05) is 13.0 Å². The standard InChI is InChI=1S/C15H17N5O2S/c1-11-17-15(19-18-11)13-6-4-8-20(10-13)23(21,22)14-7-3-2-5-12(14)9-16/h2-3,5,7,13H,4,6,8,10H2,1H3,(H,17,18,19)/t13-/m1/s1. The largest absolute Gasteiger partial charge is 0.263 e. The summed E-state index contributed by atoms with van der Waals surface area (Å²) in [5.41, 5.74) is 0.170. The second-order valence-electron chi connectivity index (χ2n) is 5.59. The van der Waals surface area contributed by atoms with E-state index in [0.717, 1.165) is 18.7 Å². The number of nitrogens with one attached hydrogen (secondary N) is 1. The molecule has 1 aliphatic rings. The fraction of sp³-hybridized carbons (Fsp3) is 0.400. The van der Waals surface area contributed by atoms with Crippen LogP contribution in [-0.2, 0) is 10.0 Å². The van der Waals surface area contributed by atoms with E-state index in [0.29, 0.717) is 18.9 Å². The molecule has 1 fully saturated rings. The van der Waals surface area contributed by atoms with Crippen molar-refractivity contribution in [1.82, 2.24) is 19.5 Å². The van der Waals surface area contributed by atoms with E-state index in [1.165, 1.54) is 16.4 Å². The third-order valence-corrected chi connectivity index (χ3v) is 5.91. The molecule has 23 heavy (non-hydrogen) atoms. The highest BCUT2D eigenvalue weighted by Crippen LogP contribution is 2.29. The number of benzene rings is 1. The van der Waals surface area contributed by atoms with Crippen molar-refractivity contribution >= 4 is 10.0 Å². The van der Waals surface area contributed by atoms with E-state index < -0.39 is 10.0 Å². The molecule has 2 heterocycles. The van der Waals surface area contributed by atoms with E-state index in [-0.39, 0.29) is 16.4 Å². The topological polar surface area (TPSA) is 103 Å². The molecule has 0 spiro atoms. The molecule has 1 aromatic carbocycles. The summed E-state index contributed by atoms with van der Waals surface area (Å²) in [6.45, 7) is 2.60. The Morgan fingerprint density at radius 3 is 2.87 bits per heavy atom. The minimum atomic E-state index is -3.69. The number of rotatable bonds is 3. The average Bonchev–Trinajstić information content (AvgIpc) is 3.01. The third-order valence-electron chi connectivity index (χ3n) is 3.99. The molecule has 7 nitrogen and oxygen atoms in total. The maximum atomic E-state index is 12.9. The highest BCUT2D eigenvalue weighted by molar-refractivity contribution is 7.89. The number of aryl methyl sites for hydroxylation is 1. The van der Waals surface area contributed by atoms with Gasteiger partial charge in [0.1, 0.15) is 11.9 Å². The van der Waals surface area contributed by atoms with E-state index in [2.05, 4.69) is 15.2 Å². The van der Waals surface area contributed by atoms with E-state index >= 15 is 0 Å². The predicted molar refractivity (Wildman–Crippen MR) is 83.0 cm³/mol. The lowest BCUT2D eigenvalue weighted by Crippen LogP contribution is -2.39. The second-order valence-corrected chi connectivity index (χ2v) is 7.50. The Kier molecular flexibility index (Phi) is 4.15. The average molecular weight is 331 g/mol. The van der Waals surface area contributed by atoms with Crippen molar-refractivity contribution in [1.29, 1.82) is 5.26 Å². The number of nitriles is 1. The lowest BCUT2D eigenvalue weighted by atomic mass is 9.99. The molecule has 2 aromatic rings. The molecule has 1 N–H and O–H groups in total. The molecule has 8 heteroatoms. The Morgan fingerprint density at radius 1 is 1.39 bits per heavy atom. The Morgan fingerprint density at radius 2 is 2.17 bits per heavy atom. The number of piperidine rings is 1. The van der Waals surface area contributed by atoms with Crippen LogP contribution in [0.4, 0.5) is 0 Å². The summed E-state index contributed by atoms with van der Waals surface area (Å²) >= 11 is 0. The van der Waals surface area contributed by atoms with Gasteiger partial charge in [0.05, 0.1) is 10.5 Å². The van der Waals surface area contributed by atoms with Gasteiger partial charge in [-0.05, 0) is 31.9 Å². The quantitative estimate of drug-likeness (QED) is 0.919. The van der Waals surface area contributed by atoms with Crippen LogP contribution in [-0.4, -0.2) is 41.0 Å². The summed E-state index contributed by atoms with van der Waals surface area (Å²) in [7, 11) is -3.69. The number of H-pyrrole nitrogens is 1. The molecule has 0 aliphatic carbocycles. The molecule has 0 amide bonds. The Labute approximate surface area is 135 Å². The first-order valence-electron chi connectivity index (χ1n) is 7.40. The summed E-state index contributed by atoms with van der Waals surface area (Å²) < 4.78 is 27.2. The van der Waals surface area contributed by atoms with Crippen LogP contribution in [0.25, 0.3) is 0 Å². The van der Waals surface area contributed by atoms with Crippen LogP contribution in [0.1, 0.15) is 36.0 Å². The van der Waals surface area contributed by atoms with Crippen LogP contribution in [0.3, 0.4) is 0 Å². The van der Waals surface area contributed by atoms with Crippen LogP contribution in [0.15, 0.2) is 29.2 Å². The van der Waals surface area contributed by atoms with Gasteiger partial charge in [-0.2, -0.15) is 14.7 Å². The predicted octanol–water partition coefficient (Wildman–Crippen LogP) is 1.55. The minimum Gasteiger partial charge on any atom is -0.263 e. The van der Waals surface area contributed by atoms with Gasteiger partial charge in [0, 0.05) is 19.0 Å². The first kappa shape index (κ1) is 15.6. The molecule has 1 saturated heterocycles. The Hall–Kier alpha value is -2.24. The van der Waals surface area contributed by atoms with Crippen molar-refractivity contribution in [3.05, 3.63) is 41.5 Å². The van der Waals surface area contributed by atoms with Crippen molar-refractivity contribution in [3.63, 3.8) is 0 Å². The van der Waals surface area contributed by atoms with Gasteiger partial charge < -0.3 is 0 Å². The summed E-state index contributed by atoms with van der Waals surface area (Å²) in [4.78, 5) is 4.38. The molecule has 1 atom stereocenters. The van der Waals surface area contributed by atoms with Crippen molar-refractivity contribution < 1.29 is 8.42 Å². The minimum absolute atomic E-state index is 0.0299. The molecule has 0 saturated carbocycles. The lowest BCUT2D eigenvalue weighted by molar-refractivity contribution is 0.309. The number of hydrogen-bond acceptors (Lipinski definition) is 5. The first-order valence-corrected chi connectivity index (χ1v) is 8.84. The molecule has 0 bridgehead atoms. The van der Waals surface area contributed by atoms with Crippen LogP contribution in [0.2, 0.25) is 0 Å². The highest BCUT2D eigenvalue weighted by Gasteiger charge is 2.33. The number of hydrogen-bond donors (Lipinski definition) is 1. The smallest absolute Gasteiger partial charge is 0.244 e. The number of aromatic nitrogens is 3. The van der Waals surface area contributed by atoms with Gasteiger partial charge in [-0.15, -0.1) is 0 Å². The number of aromatic amines is 1. The van der Waals surface area contributed by atoms with Gasteiger partial charge >= 0.3 is 0 Å². The maximum absolute atomic E-state index is 12.9. The first-order chi connectivity index (χ1) is 11.0. The fourth-order valence-electron chi connectivity index (χ4n) is 2.84. The molecule has 0 unspecified atom stereocenters. The Bertz CT molecular complexity index is 853. The van der Waals surface area contributed by atoms with E-state index in [1.54, 1.807) is 12.1 Å². The van der Waals surface area contributed by atoms with Crippen molar-refractivity contribution in [2.45, 2.75) is 30.6 Å². The molecular weight excluding hydrogens is 314 g/mol. The number of nitrogens with zero attached hydrogens (tertiary/aromatic N) is 4. The summed E-state index contributed by atoms with van der Waals surface area (Å²) in [5, 5.41) is 16.1. The van der Waals surface area contributed by atoms with E-state index in [4.69, 9.17) is 5.26 Å². The summed E-state index contributed by atoms with van der Waals surface area (Å²) in [6.07, 6.45) is 1.59. The zero-order valence-corrected chi connectivity index (χ0v) is 13.5. The van der Waals surface area contributed by atoms with Crippen molar-refractivity contribution in [2.24, 2.45) is 0 Å². The SMILES string of the molecule is Cc1nc([C@@H]2CCCN(S(=O)(=O)c3ccccc3C#N)C2)n[nH]1. The highest BCUT2D eigenvalue weighted by atomic mass is 32.2. The molecule has 3 rings (SSSR count). The molecular formula is C15H17N5O2S. The molecule has 1 aromatic heterocycles. The van der Waals surface area contributed by atoms with Gasteiger partial charge in [0.15, 0.2) is 5.82 Å². The van der Waals surface area contributed by atoms with Crippen LogP contribution in [0.5, 0.6) is 0 Å². The zero-order chi connectivity index (χ0) is 16.4. The number of sulfonamides is 1. The maximum Gasteiger partial charge on any atom is 0.244 e. The third kappa shape index (κ3) is 2.98. The Balaban J connectivity index is 1.90. The van der Waals surface area contributed by atoms with Gasteiger partial charge in [-0.1, -0.05) is 12.1 Å². The molecule has 120 valence electrons. The molecule has 0 radical (unpaired) electrons. The second kappa shape index (κ2) is 6.10. The summed E-state index contributed by atoms with van der Waals surface area (Å²) in [5.74, 6) is 1.34. The normalized spacial score (nSPS) is 19.4. The van der Waals surface area contributed by atoms with E-state index in [9.17, 15) is 8.42 Å². The summed E-state index contributed by atoms with van der Waals surface area (Å²) in [6, 6.07) is 8.25. The van der Waals surface area contributed by atoms with Crippen molar-refractivity contribution in [2.75, 3.05) is 13.1 Å². The monoisotopic (exact) mass is 331 g/mol. The van der Waals surface area contributed by atoms with Crippen LogP contribution >= 0.6 is 0 Å². The van der Waals surface area contributed by atoms with Gasteiger partial charge in [-0.3, -0.25) is 5.10 Å². The van der Waals surface area contributed by atoms with Crippen molar-refractivity contribution in [3.8, 4) is 6.07 Å².